The number of methoxy groups -OCH3 is 1. The van der Waals surface area contributed by atoms with Crippen LogP contribution in [-0.2, 0) is 0 Å². The van der Waals surface area contributed by atoms with Crippen molar-refractivity contribution < 1.29 is 9.13 Å². The minimum atomic E-state index is -0.421. The van der Waals surface area contributed by atoms with E-state index in [1.165, 1.54) is 26.0 Å². The summed E-state index contributed by atoms with van der Waals surface area (Å²) >= 11 is 0. The molecule has 0 amide bonds. The lowest BCUT2D eigenvalue weighted by molar-refractivity contribution is 0.387. The predicted octanol–water partition coefficient (Wildman–Crippen LogP) is 3.04. The number of rotatable bonds is 6. The van der Waals surface area contributed by atoms with Gasteiger partial charge in [-0.1, -0.05) is 19.8 Å². The van der Waals surface area contributed by atoms with E-state index in [1.54, 1.807) is 6.07 Å². The first kappa shape index (κ1) is 13.6. The van der Waals surface area contributed by atoms with Gasteiger partial charge in [-0.05, 0) is 6.42 Å². The van der Waals surface area contributed by atoms with Crippen molar-refractivity contribution in [1.82, 2.24) is 0 Å². The van der Waals surface area contributed by atoms with Crippen LogP contribution in [0.2, 0.25) is 0 Å². The first-order valence-electron chi connectivity index (χ1n) is 5.94. The lowest BCUT2D eigenvalue weighted by Crippen LogP contribution is -2.20. The second kappa shape index (κ2) is 6.33. The van der Waals surface area contributed by atoms with Crippen molar-refractivity contribution in [2.45, 2.75) is 26.2 Å². The molecule has 0 saturated heterocycles. The molecule has 96 valence electrons. The summed E-state index contributed by atoms with van der Waals surface area (Å²) in [6.45, 7) is 3.07. The largest absolute Gasteiger partial charge is 0.494 e. The van der Waals surface area contributed by atoms with Gasteiger partial charge in [0.15, 0.2) is 11.6 Å². The average Bonchev–Trinajstić information content (AvgIpc) is 2.29. The third-order valence-electron chi connectivity index (χ3n) is 2.81. The molecule has 0 heterocycles. The van der Waals surface area contributed by atoms with Crippen molar-refractivity contribution >= 4 is 11.4 Å². The first-order valence-corrected chi connectivity index (χ1v) is 5.94. The van der Waals surface area contributed by atoms with E-state index in [-0.39, 0.29) is 5.75 Å². The zero-order valence-electron chi connectivity index (χ0n) is 10.8. The molecule has 0 saturated carbocycles. The number of unbranched alkanes of at least 4 members (excludes halogenated alkanes) is 2. The maximum atomic E-state index is 13.4. The Balaban J connectivity index is 2.81. The third kappa shape index (κ3) is 3.51. The Kier molecular flexibility index (Phi) is 5.07. The molecule has 0 unspecified atom stereocenters. The van der Waals surface area contributed by atoms with Crippen molar-refractivity contribution in [3.63, 3.8) is 0 Å². The Morgan fingerprint density at radius 1 is 1.35 bits per heavy atom. The fraction of sp³-hybridized carbons (Fsp3) is 0.538. The molecule has 0 atom stereocenters. The minimum Gasteiger partial charge on any atom is -0.494 e. The summed E-state index contributed by atoms with van der Waals surface area (Å²) in [6, 6.07) is 2.96. The number of ether oxygens (including phenoxy) is 1. The zero-order valence-corrected chi connectivity index (χ0v) is 10.8. The Labute approximate surface area is 102 Å². The molecule has 0 spiro atoms. The summed E-state index contributed by atoms with van der Waals surface area (Å²) in [7, 11) is 3.41. The Morgan fingerprint density at radius 3 is 2.65 bits per heavy atom. The monoisotopic (exact) mass is 240 g/mol. The average molecular weight is 240 g/mol. The molecule has 17 heavy (non-hydrogen) atoms. The SMILES string of the molecule is CCCCCN(C)c1cc(OC)c(F)cc1N. The second-order valence-corrected chi connectivity index (χ2v) is 4.17. The van der Waals surface area contributed by atoms with Crippen LogP contribution in [0.1, 0.15) is 26.2 Å². The quantitative estimate of drug-likeness (QED) is 0.613. The molecule has 0 fully saturated rings. The van der Waals surface area contributed by atoms with Crippen LogP contribution in [-0.4, -0.2) is 20.7 Å². The maximum absolute atomic E-state index is 13.4. The van der Waals surface area contributed by atoms with Crippen molar-refractivity contribution in [3.8, 4) is 5.75 Å². The van der Waals surface area contributed by atoms with Gasteiger partial charge in [-0.3, -0.25) is 0 Å². The molecule has 4 heteroatoms. The second-order valence-electron chi connectivity index (χ2n) is 4.17. The van der Waals surface area contributed by atoms with Crippen LogP contribution in [0.15, 0.2) is 12.1 Å². The molecular formula is C13H21FN2O. The first-order chi connectivity index (χ1) is 8.10. The molecule has 3 nitrogen and oxygen atoms in total. The van der Waals surface area contributed by atoms with Crippen LogP contribution < -0.4 is 15.4 Å². The van der Waals surface area contributed by atoms with Crippen LogP contribution in [0.5, 0.6) is 5.75 Å². The number of hydrogen-bond donors (Lipinski definition) is 1. The minimum absolute atomic E-state index is 0.233. The fourth-order valence-electron chi connectivity index (χ4n) is 1.76. The van der Waals surface area contributed by atoms with Gasteiger partial charge in [0, 0.05) is 25.7 Å². The highest BCUT2D eigenvalue weighted by Gasteiger charge is 2.11. The van der Waals surface area contributed by atoms with Gasteiger partial charge >= 0.3 is 0 Å². The van der Waals surface area contributed by atoms with Gasteiger partial charge in [0.05, 0.1) is 18.5 Å². The highest BCUT2D eigenvalue weighted by molar-refractivity contribution is 5.69. The van der Waals surface area contributed by atoms with Crippen molar-refractivity contribution in [3.05, 3.63) is 17.9 Å². The highest BCUT2D eigenvalue weighted by Crippen LogP contribution is 2.30. The smallest absolute Gasteiger partial charge is 0.167 e. The number of nitrogens with zero attached hydrogens (tertiary/aromatic N) is 1. The molecule has 0 bridgehead atoms. The molecule has 0 aliphatic carbocycles. The van der Waals surface area contributed by atoms with E-state index < -0.39 is 5.82 Å². The van der Waals surface area contributed by atoms with Gasteiger partial charge in [0.1, 0.15) is 0 Å². The van der Waals surface area contributed by atoms with Crippen molar-refractivity contribution in [1.29, 1.82) is 0 Å². The number of hydrogen-bond acceptors (Lipinski definition) is 3. The van der Waals surface area contributed by atoms with Crippen LogP contribution in [0.25, 0.3) is 0 Å². The van der Waals surface area contributed by atoms with Crippen LogP contribution in [0, 0.1) is 5.82 Å². The normalized spacial score (nSPS) is 10.4. The molecule has 1 rings (SSSR count). The summed E-state index contributed by atoms with van der Waals surface area (Å²) < 4.78 is 18.3. The molecule has 1 aromatic rings. The summed E-state index contributed by atoms with van der Waals surface area (Å²) in [5, 5.41) is 0. The van der Waals surface area contributed by atoms with E-state index in [2.05, 4.69) is 6.92 Å². The van der Waals surface area contributed by atoms with E-state index in [0.717, 1.165) is 18.7 Å². The molecule has 1 aromatic carbocycles. The molecule has 0 aliphatic heterocycles. The van der Waals surface area contributed by atoms with E-state index in [9.17, 15) is 4.39 Å². The fourth-order valence-corrected chi connectivity index (χ4v) is 1.76. The van der Waals surface area contributed by atoms with Crippen LogP contribution in [0.3, 0.4) is 0 Å². The van der Waals surface area contributed by atoms with Crippen LogP contribution >= 0.6 is 0 Å². The molecule has 0 radical (unpaired) electrons. The molecule has 2 N–H and O–H groups in total. The summed E-state index contributed by atoms with van der Waals surface area (Å²) in [4.78, 5) is 2.03. The summed E-state index contributed by atoms with van der Waals surface area (Å²) in [5.74, 6) is -0.188. The number of anilines is 2. The maximum Gasteiger partial charge on any atom is 0.167 e. The lowest BCUT2D eigenvalue weighted by atomic mass is 10.2. The van der Waals surface area contributed by atoms with E-state index in [4.69, 9.17) is 10.5 Å². The number of nitrogens with two attached hydrogens (primary N) is 1. The highest BCUT2D eigenvalue weighted by atomic mass is 19.1. The van der Waals surface area contributed by atoms with Gasteiger partial charge in [-0.2, -0.15) is 0 Å². The zero-order chi connectivity index (χ0) is 12.8. The molecule has 0 aromatic heterocycles. The van der Waals surface area contributed by atoms with E-state index in [1.807, 2.05) is 11.9 Å². The Hall–Kier alpha value is -1.45. The van der Waals surface area contributed by atoms with Crippen LogP contribution in [0.4, 0.5) is 15.8 Å². The van der Waals surface area contributed by atoms with Gasteiger partial charge < -0.3 is 15.4 Å². The van der Waals surface area contributed by atoms with Crippen molar-refractivity contribution in [2.75, 3.05) is 31.3 Å². The standard InChI is InChI=1S/C13H21FN2O/c1-4-5-6-7-16(2)12-9-13(17-3)10(14)8-11(12)15/h8-9H,4-7,15H2,1-3H3. The number of halogens is 1. The number of nitrogen functional groups attached to an aromatic ring is 1. The molecule has 0 aliphatic rings. The van der Waals surface area contributed by atoms with Gasteiger partial charge in [-0.15, -0.1) is 0 Å². The van der Waals surface area contributed by atoms with Gasteiger partial charge in [0.2, 0.25) is 0 Å². The summed E-state index contributed by atoms with van der Waals surface area (Å²) in [5.41, 5.74) is 7.08. The summed E-state index contributed by atoms with van der Waals surface area (Å²) in [6.07, 6.45) is 3.46. The molecular weight excluding hydrogens is 219 g/mol. The topological polar surface area (TPSA) is 38.5 Å². The van der Waals surface area contributed by atoms with E-state index >= 15 is 0 Å². The predicted molar refractivity (Wildman–Crippen MR) is 70.2 cm³/mol. The lowest BCUT2D eigenvalue weighted by Gasteiger charge is -2.21. The number of benzene rings is 1. The van der Waals surface area contributed by atoms with E-state index in [0.29, 0.717) is 5.69 Å². The Bertz CT molecular complexity index is 369. The van der Waals surface area contributed by atoms with Gasteiger partial charge in [-0.25, -0.2) is 4.39 Å². The Morgan fingerprint density at radius 2 is 2.06 bits per heavy atom. The van der Waals surface area contributed by atoms with Crippen molar-refractivity contribution in [2.24, 2.45) is 0 Å². The van der Waals surface area contributed by atoms with Gasteiger partial charge in [0.25, 0.3) is 0 Å². The third-order valence-corrected chi connectivity index (χ3v) is 2.81.